The van der Waals surface area contributed by atoms with Gasteiger partial charge in [0.1, 0.15) is 17.3 Å². The highest BCUT2D eigenvalue weighted by Gasteiger charge is 2.09. The summed E-state index contributed by atoms with van der Waals surface area (Å²) < 4.78 is 5.50. The molecule has 0 spiro atoms. The molecule has 94 valence electrons. The molecule has 0 radical (unpaired) electrons. The Balaban J connectivity index is 2.29. The fourth-order valence-electron chi connectivity index (χ4n) is 1.66. The van der Waals surface area contributed by atoms with Gasteiger partial charge in [0, 0.05) is 12.1 Å². The summed E-state index contributed by atoms with van der Waals surface area (Å²) in [6.07, 6.45) is 0.351. The first-order valence-electron chi connectivity index (χ1n) is 5.68. The molecule has 0 saturated heterocycles. The lowest BCUT2D eigenvalue weighted by atomic mass is 10.2. The number of aryl methyl sites for hydroxylation is 3. The number of rotatable bonds is 4. The van der Waals surface area contributed by atoms with Crippen LogP contribution in [0.25, 0.3) is 11.5 Å². The van der Waals surface area contributed by atoms with Gasteiger partial charge in [-0.15, -0.1) is 0 Å². The van der Waals surface area contributed by atoms with Crippen molar-refractivity contribution < 1.29 is 14.3 Å². The van der Waals surface area contributed by atoms with Crippen molar-refractivity contribution in [2.45, 2.75) is 26.7 Å². The summed E-state index contributed by atoms with van der Waals surface area (Å²) in [5.41, 5.74) is 1.49. The molecule has 2 rings (SSSR count). The molecule has 1 N–H and O–H groups in total. The topological polar surface area (TPSA) is 76.2 Å². The largest absolute Gasteiger partial charge is 0.481 e. The van der Waals surface area contributed by atoms with Gasteiger partial charge in [-0.3, -0.25) is 4.79 Å². The first-order chi connectivity index (χ1) is 8.54. The first kappa shape index (κ1) is 12.3. The van der Waals surface area contributed by atoms with E-state index in [1.165, 1.54) is 0 Å². The number of nitrogens with zero attached hydrogens (tertiary/aromatic N) is 2. The van der Waals surface area contributed by atoms with Crippen LogP contribution in [0.2, 0.25) is 0 Å². The van der Waals surface area contributed by atoms with Gasteiger partial charge in [0.15, 0.2) is 5.76 Å². The minimum absolute atomic E-state index is 0.0279. The van der Waals surface area contributed by atoms with E-state index >= 15 is 0 Å². The number of aliphatic carboxylic acids is 1. The second-order valence-corrected chi connectivity index (χ2v) is 4.11. The van der Waals surface area contributed by atoms with E-state index in [1.807, 2.05) is 32.0 Å². The Kier molecular flexibility index (Phi) is 3.41. The Morgan fingerprint density at radius 2 is 2.11 bits per heavy atom. The van der Waals surface area contributed by atoms with E-state index < -0.39 is 5.97 Å². The highest BCUT2D eigenvalue weighted by atomic mass is 16.4. The standard InChI is InChI=1S/C13H14N2O3/c1-8-7-10(11-4-3-9(2)18-11)15-12(14-8)5-6-13(16)17/h3-4,7H,5-6H2,1-2H3,(H,16,17). The van der Waals surface area contributed by atoms with Crippen molar-refractivity contribution in [2.75, 3.05) is 0 Å². The summed E-state index contributed by atoms with van der Waals surface area (Å²) in [7, 11) is 0. The van der Waals surface area contributed by atoms with Gasteiger partial charge in [0.05, 0.1) is 6.42 Å². The van der Waals surface area contributed by atoms with Crippen LogP contribution in [-0.2, 0) is 11.2 Å². The fourth-order valence-corrected chi connectivity index (χ4v) is 1.66. The summed E-state index contributed by atoms with van der Waals surface area (Å²) >= 11 is 0. The minimum Gasteiger partial charge on any atom is -0.481 e. The van der Waals surface area contributed by atoms with E-state index in [-0.39, 0.29) is 6.42 Å². The Hall–Kier alpha value is -2.17. The van der Waals surface area contributed by atoms with Crippen LogP contribution < -0.4 is 0 Å². The van der Waals surface area contributed by atoms with E-state index in [2.05, 4.69) is 9.97 Å². The van der Waals surface area contributed by atoms with Crippen LogP contribution in [0.4, 0.5) is 0 Å². The molecule has 0 fully saturated rings. The monoisotopic (exact) mass is 246 g/mol. The van der Waals surface area contributed by atoms with Crippen molar-refractivity contribution in [3.8, 4) is 11.5 Å². The van der Waals surface area contributed by atoms with E-state index in [0.717, 1.165) is 11.5 Å². The maximum Gasteiger partial charge on any atom is 0.303 e. The number of hydrogen-bond acceptors (Lipinski definition) is 4. The van der Waals surface area contributed by atoms with Gasteiger partial charge in [-0.05, 0) is 32.0 Å². The zero-order valence-electron chi connectivity index (χ0n) is 10.3. The van der Waals surface area contributed by atoms with Gasteiger partial charge in [-0.25, -0.2) is 9.97 Å². The van der Waals surface area contributed by atoms with E-state index in [0.29, 0.717) is 23.7 Å². The molecule has 0 aromatic carbocycles. The molecule has 5 nitrogen and oxygen atoms in total. The maximum atomic E-state index is 10.5. The minimum atomic E-state index is -0.851. The average molecular weight is 246 g/mol. The molecular formula is C13H14N2O3. The lowest BCUT2D eigenvalue weighted by Gasteiger charge is -2.03. The van der Waals surface area contributed by atoms with Crippen LogP contribution in [0, 0.1) is 13.8 Å². The van der Waals surface area contributed by atoms with Gasteiger partial charge in [0.25, 0.3) is 0 Å². The van der Waals surface area contributed by atoms with Crippen LogP contribution in [-0.4, -0.2) is 21.0 Å². The number of carboxylic acid groups (broad SMARTS) is 1. The lowest BCUT2D eigenvalue weighted by Crippen LogP contribution is -2.03. The molecule has 2 heterocycles. The highest BCUT2D eigenvalue weighted by molar-refractivity contribution is 5.66. The smallest absolute Gasteiger partial charge is 0.303 e. The summed E-state index contributed by atoms with van der Waals surface area (Å²) in [5, 5.41) is 8.66. The lowest BCUT2D eigenvalue weighted by molar-refractivity contribution is -0.137. The van der Waals surface area contributed by atoms with E-state index in [9.17, 15) is 4.79 Å². The Morgan fingerprint density at radius 3 is 2.72 bits per heavy atom. The Bertz CT molecular complexity index is 575. The molecule has 2 aromatic rings. The summed E-state index contributed by atoms with van der Waals surface area (Å²) in [6, 6.07) is 5.53. The molecule has 0 saturated carbocycles. The molecule has 0 bridgehead atoms. The van der Waals surface area contributed by atoms with Gasteiger partial charge in [0.2, 0.25) is 0 Å². The summed E-state index contributed by atoms with van der Waals surface area (Å²) in [4.78, 5) is 19.1. The predicted molar refractivity (Wildman–Crippen MR) is 65.2 cm³/mol. The van der Waals surface area contributed by atoms with Crippen molar-refractivity contribution in [3.05, 3.63) is 35.5 Å². The molecular weight excluding hydrogens is 232 g/mol. The Morgan fingerprint density at radius 1 is 1.33 bits per heavy atom. The molecule has 0 aliphatic heterocycles. The predicted octanol–water partition coefficient (Wildman–Crippen LogP) is 2.37. The molecule has 0 amide bonds. The quantitative estimate of drug-likeness (QED) is 0.896. The molecule has 5 heteroatoms. The van der Waals surface area contributed by atoms with Crippen molar-refractivity contribution in [2.24, 2.45) is 0 Å². The average Bonchev–Trinajstić information content (AvgIpc) is 2.72. The number of furan rings is 1. The molecule has 0 aliphatic carbocycles. The molecule has 0 atom stereocenters. The van der Waals surface area contributed by atoms with Crippen LogP contribution in [0.3, 0.4) is 0 Å². The normalized spacial score (nSPS) is 10.6. The van der Waals surface area contributed by atoms with Crippen LogP contribution >= 0.6 is 0 Å². The van der Waals surface area contributed by atoms with Crippen LogP contribution in [0.1, 0.15) is 23.7 Å². The van der Waals surface area contributed by atoms with Crippen molar-refractivity contribution in [1.29, 1.82) is 0 Å². The number of hydrogen-bond donors (Lipinski definition) is 1. The molecule has 2 aromatic heterocycles. The van der Waals surface area contributed by atoms with Gasteiger partial charge in [-0.1, -0.05) is 0 Å². The molecule has 0 aliphatic rings. The fraction of sp³-hybridized carbons (Fsp3) is 0.308. The first-order valence-corrected chi connectivity index (χ1v) is 5.68. The number of carboxylic acids is 1. The van der Waals surface area contributed by atoms with Gasteiger partial charge >= 0.3 is 5.97 Å². The third-order valence-electron chi connectivity index (χ3n) is 2.46. The SMILES string of the molecule is Cc1cc(-c2ccc(C)o2)nc(CCC(=O)O)n1. The second-order valence-electron chi connectivity index (χ2n) is 4.11. The van der Waals surface area contributed by atoms with Gasteiger partial charge in [-0.2, -0.15) is 0 Å². The molecule has 18 heavy (non-hydrogen) atoms. The van der Waals surface area contributed by atoms with Crippen LogP contribution in [0.15, 0.2) is 22.6 Å². The zero-order chi connectivity index (χ0) is 13.1. The van der Waals surface area contributed by atoms with E-state index in [1.54, 1.807) is 0 Å². The number of aromatic nitrogens is 2. The summed E-state index contributed by atoms with van der Waals surface area (Å²) in [5.74, 6) is 1.17. The number of carbonyl (C=O) groups is 1. The summed E-state index contributed by atoms with van der Waals surface area (Å²) in [6.45, 7) is 3.72. The Labute approximate surface area is 105 Å². The maximum absolute atomic E-state index is 10.5. The zero-order valence-corrected chi connectivity index (χ0v) is 10.3. The van der Waals surface area contributed by atoms with E-state index in [4.69, 9.17) is 9.52 Å². The van der Waals surface area contributed by atoms with Gasteiger partial charge < -0.3 is 9.52 Å². The highest BCUT2D eigenvalue weighted by Crippen LogP contribution is 2.20. The van der Waals surface area contributed by atoms with Crippen molar-refractivity contribution in [1.82, 2.24) is 9.97 Å². The van der Waals surface area contributed by atoms with Crippen molar-refractivity contribution in [3.63, 3.8) is 0 Å². The van der Waals surface area contributed by atoms with Crippen molar-refractivity contribution >= 4 is 5.97 Å². The third kappa shape index (κ3) is 2.94. The van der Waals surface area contributed by atoms with Crippen LogP contribution in [0.5, 0.6) is 0 Å². The molecule has 0 unspecified atom stereocenters. The third-order valence-corrected chi connectivity index (χ3v) is 2.46. The second kappa shape index (κ2) is 5.00.